The highest BCUT2D eigenvalue weighted by Gasteiger charge is 2.40. The second kappa shape index (κ2) is 5.04. The SMILES string of the molecule is CC(C)[C@H](N)C(=O)N1CCn2c(nnc2C(F)(F)F)C1. The molecule has 1 aliphatic heterocycles. The largest absolute Gasteiger partial charge is 0.451 e. The predicted molar refractivity (Wildman–Crippen MR) is 63.3 cm³/mol. The van der Waals surface area contributed by atoms with Crippen LogP contribution in [0.15, 0.2) is 0 Å². The van der Waals surface area contributed by atoms with Crippen molar-refractivity contribution in [1.29, 1.82) is 0 Å². The van der Waals surface area contributed by atoms with Gasteiger partial charge in [-0.1, -0.05) is 13.8 Å². The zero-order valence-electron chi connectivity index (χ0n) is 11.2. The molecule has 0 radical (unpaired) electrons. The molecule has 6 nitrogen and oxygen atoms in total. The highest BCUT2D eigenvalue weighted by atomic mass is 19.4. The van der Waals surface area contributed by atoms with E-state index in [2.05, 4.69) is 10.2 Å². The first-order valence-corrected chi connectivity index (χ1v) is 6.25. The highest BCUT2D eigenvalue weighted by molar-refractivity contribution is 5.81. The van der Waals surface area contributed by atoms with Gasteiger partial charge in [0.2, 0.25) is 11.7 Å². The first-order valence-electron chi connectivity index (χ1n) is 6.25. The molecule has 1 aliphatic rings. The maximum Gasteiger partial charge on any atom is 0.451 e. The average molecular weight is 291 g/mol. The van der Waals surface area contributed by atoms with Crippen molar-refractivity contribution in [1.82, 2.24) is 19.7 Å². The maximum atomic E-state index is 12.7. The highest BCUT2D eigenvalue weighted by Crippen LogP contribution is 2.29. The Labute approximate surface area is 113 Å². The molecule has 112 valence electrons. The Morgan fingerprint density at radius 1 is 1.30 bits per heavy atom. The molecule has 1 atom stereocenters. The van der Waals surface area contributed by atoms with Gasteiger partial charge in [-0.3, -0.25) is 4.79 Å². The van der Waals surface area contributed by atoms with E-state index in [4.69, 9.17) is 5.73 Å². The van der Waals surface area contributed by atoms with Crippen LogP contribution in [-0.4, -0.2) is 38.2 Å². The van der Waals surface area contributed by atoms with Gasteiger partial charge in [-0.05, 0) is 5.92 Å². The maximum absolute atomic E-state index is 12.7. The molecule has 0 aliphatic carbocycles. The summed E-state index contributed by atoms with van der Waals surface area (Å²) in [7, 11) is 0. The lowest BCUT2D eigenvalue weighted by atomic mass is 10.0. The van der Waals surface area contributed by atoms with Crippen molar-refractivity contribution in [2.45, 2.75) is 39.2 Å². The number of amides is 1. The predicted octanol–water partition coefficient (Wildman–Crippen LogP) is 0.622. The van der Waals surface area contributed by atoms with E-state index in [9.17, 15) is 18.0 Å². The number of hydrogen-bond acceptors (Lipinski definition) is 4. The van der Waals surface area contributed by atoms with Crippen molar-refractivity contribution in [2.75, 3.05) is 6.54 Å². The number of rotatable bonds is 2. The molecular weight excluding hydrogens is 275 g/mol. The number of nitrogens with two attached hydrogens (primary N) is 1. The summed E-state index contributed by atoms with van der Waals surface area (Å²) in [6.45, 7) is 3.83. The quantitative estimate of drug-likeness (QED) is 0.866. The van der Waals surface area contributed by atoms with Crippen LogP contribution in [0, 0.1) is 5.92 Å². The number of fused-ring (bicyclic) bond motifs is 1. The Bertz CT molecular complexity index is 511. The lowest BCUT2D eigenvalue weighted by Gasteiger charge is -2.31. The number of alkyl halides is 3. The van der Waals surface area contributed by atoms with Gasteiger partial charge in [0, 0.05) is 13.1 Å². The fourth-order valence-electron chi connectivity index (χ4n) is 2.05. The van der Waals surface area contributed by atoms with Crippen molar-refractivity contribution >= 4 is 5.91 Å². The number of hydrogen-bond donors (Lipinski definition) is 1. The van der Waals surface area contributed by atoms with Crippen molar-refractivity contribution in [3.05, 3.63) is 11.6 Å². The van der Waals surface area contributed by atoms with Crippen LogP contribution < -0.4 is 5.73 Å². The molecule has 1 amide bonds. The molecule has 0 unspecified atom stereocenters. The average Bonchev–Trinajstić information content (AvgIpc) is 2.79. The molecule has 9 heteroatoms. The first-order chi connectivity index (χ1) is 9.21. The number of nitrogens with zero attached hydrogens (tertiary/aromatic N) is 4. The normalized spacial score (nSPS) is 17.2. The van der Waals surface area contributed by atoms with Gasteiger partial charge >= 0.3 is 6.18 Å². The fourth-order valence-corrected chi connectivity index (χ4v) is 2.05. The second-order valence-electron chi connectivity index (χ2n) is 5.12. The lowest BCUT2D eigenvalue weighted by molar-refractivity contribution is -0.148. The van der Waals surface area contributed by atoms with Crippen molar-refractivity contribution in [3.63, 3.8) is 0 Å². The van der Waals surface area contributed by atoms with E-state index < -0.39 is 18.0 Å². The van der Waals surface area contributed by atoms with Gasteiger partial charge in [-0.2, -0.15) is 13.2 Å². The summed E-state index contributed by atoms with van der Waals surface area (Å²) in [6, 6.07) is -0.661. The van der Waals surface area contributed by atoms with Crippen molar-refractivity contribution < 1.29 is 18.0 Å². The van der Waals surface area contributed by atoms with Gasteiger partial charge in [-0.15, -0.1) is 10.2 Å². The van der Waals surface area contributed by atoms with E-state index in [-0.39, 0.29) is 37.3 Å². The van der Waals surface area contributed by atoms with E-state index in [1.807, 2.05) is 13.8 Å². The molecule has 20 heavy (non-hydrogen) atoms. The summed E-state index contributed by atoms with van der Waals surface area (Å²) < 4.78 is 39.0. The second-order valence-corrected chi connectivity index (χ2v) is 5.12. The van der Waals surface area contributed by atoms with Crippen LogP contribution in [0.5, 0.6) is 0 Å². The third kappa shape index (κ3) is 2.62. The monoisotopic (exact) mass is 291 g/mol. The summed E-state index contributed by atoms with van der Waals surface area (Å²) in [5, 5.41) is 6.68. The lowest BCUT2D eigenvalue weighted by Crippen LogP contribution is -2.49. The molecule has 0 aromatic carbocycles. The van der Waals surface area contributed by atoms with Crippen LogP contribution in [0.25, 0.3) is 0 Å². The molecule has 0 saturated heterocycles. The summed E-state index contributed by atoms with van der Waals surface area (Å²) >= 11 is 0. The van der Waals surface area contributed by atoms with E-state index in [1.165, 1.54) is 4.90 Å². The van der Waals surface area contributed by atoms with Crippen LogP contribution in [0.1, 0.15) is 25.5 Å². The summed E-state index contributed by atoms with van der Waals surface area (Å²) in [6.07, 6.45) is -4.54. The van der Waals surface area contributed by atoms with Gasteiger partial charge in [-0.25, -0.2) is 0 Å². The third-order valence-electron chi connectivity index (χ3n) is 3.32. The van der Waals surface area contributed by atoms with Gasteiger partial charge in [0.25, 0.3) is 0 Å². The van der Waals surface area contributed by atoms with Gasteiger partial charge in [0.15, 0.2) is 5.82 Å². The zero-order chi connectivity index (χ0) is 15.1. The Morgan fingerprint density at radius 3 is 2.50 bits per heavy atom. The number of carbonyl (C=O) groups excluding carboxylic acids is 1. The molecule has 0 spiro atoms. The summed E-state index contributed by atoms with van der Waals surface area (Å²) in [5.74, 6) is -1.20. The Hall–Kier alpha value is -1.64. The smallest absolute Gasteiger partial charge is 0.332 e. The first kappa shape index (κ1) is 14.8. The van der Waals surface area contributed by atoms with E-state index in [1.54, 1.807) is 0 Å². The third-order valence-corrected chi connectivity index (χ3v) is 3.32. The van der Waals surface area contributed by atoms with E-state index >= 15 is 0 Å². The summed E-state index contributed by atoms with van der Waals surface area (Å²) in [5.41, 5.74) is 5.77. The van der Waals surface area contributed by atoms with Crippen LogP contribution in [0.2, 0.25) is 0 Å². The van der Waals surface area contributed by atoms with E-state index in [0.29, 0.717) is 0 Å². The Balaban J connectivity index is 2.17. The molecular formula is C11H16F3N5O. The molecule has 2 heterocycles. The molecule has 1 aromatic rings. The van der Waals surface area contributed by atoms with Gasteiger partial charge in [0.05, 0.1) is 12.6 Å². The summed E-state index contributed by atoms with van der Waals surface area (Å²) in [4.78, 5) is 13.5. The van der Waals surface area contributed by atoms with Crippen LogP contribution in [0.3, 0.4) is 0 Å². The topological polar surface area (TPSA) is 77.0 Å². The van der Waals surface area contributed by atoms with Gasteiger partial charge < -0.3 is 15.2 Å². The number of aromatic nitrogens is 3. The minimum absolute atomic E-state index is 0.00231. The minimum atomic E-state index is -4.54. The van der Waals surface area contributed by atoms with Crippen LogP contribution >= 0.6 is 0 Å². The molecule has 2 rings (SSSR count). The van der Waals surface area contributed by atoms with E-state index in [0.717, 1.165) is 4.57 Å². The van der Waals surface area contributed by atoms with Crippen molar-refractivity contribution in [2.24, 2.45) is 11.7 Å². The molecule has 0 saturated carbocycles. The molecule has 2 N–H and O–H groups in total. The molecule has 0 fully saturated rings. The number of carbonyl (C=O) groups is 1. The Kier molecular flexibility index (Phi) is 3.72. The molecule has 1 aromatic heterocycles. The fraction of sp³-hybridized carbons (Fsp3) is 0.727. The van der Waals surface area contributed by atoms with Crippen molar-refractivity contribution in [3.8, 4) is 0 Å². The van der Waals surface area contributed by atoms with Gasteiger partial charge in [0.1, 0.15) is 0 Å². The Morgan fingerprint density at radius 2 is 1.95 bits per heavy atom. The molecule has 0 bridgehead atoms. The number of halogens is 3. The van der Waals surface area contributed by atoms with Crippen LogP contribution in [0.4, 0.5) is 13.2 Å². The minimum Gasteiger partial charge on any atom is -0.332 e. The van der Waals surface area contributed by atoms with Crippen LogP contribution in [-0.2, 0) is 24.1 Å². The standard InChI is InChI=1S/C11H16F3N5O/c1-6(2)8(15)9(20)18-3-4-19-7(5-18)16-17-10(19)11(12,13)14/h6,8H,3-5,15H2,1-2H3/t8-/m0/s1. The zero-order valence-corrected chi connectivity index (χ0v) is 11.2.